The molecule has 0 aromatic heterocycles. The highest BCUT2D eigenvalue weighted by Crippen LogP contribution is 2.23. The molecule has 0 saturated carbocycles. The van der Waals surface area contributed by atoms with Gasteiger partial charge in [0.25, 0.3) is 0 Å². The Morgan fingerprint density at radius 1 is 1.58 bits per heavy atom. The molecule has 3 nitrogen and oxygen atoms in total. The molecule has 0 fully saturated rings. The van der Waals surface area contributed by atoms with Gasteiger partial charge in [-0.25, -0.2) is 0 Å². The van der Waals surface area contributed by atoms with Gasteiger partial charge in [0.2, 0.25) is 0 Å². The Morgan fingerprint density at radius 2 is 2.32 bits per heavy atom. The van der Waals surface area contributed by atoms with Gasteiger partial charge in [-0.05, 0) is 25.1 Å². The largest absolute Gasteiger partial charge is 0.481 e. The van der Waals surface area contributed by atoms with E-state index in [0.717, 1.165) is 15.8 Å². The number of benzene rings is 1. The first-order valence-electron chi connectivity index (χ1n) is 5.92. The number of halogens is 1. The predicted molar refractivity (Wildman–Crippen MR) is 83.7 cm³/mol. The molecule has 0 spiro atoms. The maximum absolute atomic E-state index is 11.3. The molecule has 0 amide bonds. The second kappa shape index (κ2) is 8.36. The van der Waals surface area contributed by atoms with Crippen LogP contribution in [0, 0.1) is 12.3 Å². The van der Waals surface area contributed by atoms with Crippen LogP contribution in [-0.4, -0.2) is 28.9 Å². The highest BCUT2D eigenvalue weighted by atomic mass is 79.9. The number of ether oxygens (including phenoxy) is 1. The van der Waals surface area contributed by atoms with E-state index in [1.54, 1.807) is 6.26 Å². The van der Waals surface area contributed by atoms with Crippen LogP contribution in [0.25, 0.3) is 0 Å². The average Bonchev–Trinajstić information content (AvgIpc) is 2.37. The molecule has 1 aromatic carbocycles. The van der Waals surface area contributed by atoms with Crippen molar-refractivity contribution in [1.82, 2.24) is 5.32 Å². The Balaban J connectivity index is 2.63. The van der Waals surface area contributed by atoms with E-state index in [9.17, 15) is 4.21 Å². The topological polar surface area (TPSA) is 38.3 Å². The van der Waals surface area contributed by atoms with Crippen LogP contribution < -0.4 is 10.1 Å². The van der Waals surface area contributed by atoms with E-state index in [-0.39, 0.29) is 11.9 Å². The third kappa shape index (κ3) is 5.77. The van der Waals surface area contributed by atoms with E-state index in [4.69, 9.17) is 11.2 Å². The van der Waals surface area contributed by atoms with Crippen molar-refractivity contribution in [2.45, 2.75) is 18.7 Å². The summed E-state index contributed by atoms with van der Waals surface area (Å²) in [5.41, 5.74) is 1.03. The van der Waals surface area contributed by atoms with Crippen LogP contribution >= 0.6 is 15.9 Å². The van der Waals surface area contributed by atoms with Gasteiger partial charge in [0, 0.05) is 45.4 Å². The summed E-state index contributed by atoms with van der Waals surface area (Å²) in [4.78, 5) is 0. The maximum atomic E-state index is 11.3. The van der Waals surface area contributed by atoms with Crippen molar-refractivity contribution in [2.75, 3.05) is 19.4 Å². The SMILES string of the molecule is C#CCOc1ccc(Br)cc1CNCC(C)S(C)=O. The minimum Gasteiger partial charge on any atom is -0.481 e. The van der Waals surface area contributed by atoms with Gasteiger partial charge in [-0.2, -0.15) is 0 Å². The van der Waals surface area contributed by atoms with E-state index in [1.165, 1.54) is 0 Å². The van der Waals surface area contributed by atoms with Gasteiger partial charge < -0.3 is 10.1 Å². The van der Waals surface area contributed by atoms with Crippen molar-refractivity contribution in [1.29, 1.82) is 0 Å². The van der Waals surface area contributed by atoms with Crippen molar-refractivity contribution in [2.24, 2.45) is 0 Å². The van der Waals surface area contributed by atoms with Gasteiger partial charge in [0.05, 0.1) is 0 Å². The molecule has 0 bridgehead atoms. The van der Waals surface area contributed by atoms with Crippen LogP contribution in [0.15, 0.2) is 22.7 Å². The Hall–Kier alpha value is -0.830. The van der Waals surface area contributed by atoms with Gasteiger partial charge >= 0.3 is 0 Å². The molecular weight excluding hydrogens is 326 g/mol. The highest BCUT2D eigenvalue weighted by Gasteiger charge is 2.08. The number of hydrogen-bond acceptors (Lipinski definition) is 3. The third-order valence-electron chi connectivity index (χ3n) is 2.65. The Labute approximate surface area is 125 Å². The van der Waals surface area contributed by atoms with Gasteiger partial charge in [0.15, 0.2) is 0 Å². The van der Waals surface area contributed by atoms with Crippen LogP contribution in [0.3, 0.4) is 0 Å². The first-order chi connectivity index (χ1) is 9.04. The fourth-order valence-corrected chi connectivity index (χ4v) is 2.23. The summed E-state index contributed by atoms with van der Waals surface area (Å²) in [6.45, 7) is 3.56. The average molecular weight is 344 g/mol. The molecule has 1 N–H and O–H groups in total. The summed E-state index contributed by atoms with van der Waals surface area (Å²) < 4.78 is 17.7. The van der Waals surface area contributed by atoms with E-state index >= 15 is 0 Å². The summed E-state index contributed by atoms with van der Waals surface area (Å²) in [5.74, 6) is 3.23. The third-order valence-corrected chi connectivity index (χ3v) is 4.44. The summed E-state index contributed by atoms with van der Waals surface area (Å²) in [7, 11) is -0.812. The summed E-state index contributed by atoms with van der Waals surface area (Å²) in [5, 5.41) is 3.41. The van der Waals surface area contributed by atoms with E-state index in [2.05, 4.69) is 27.2 Å². The lowest BCUT2D eigenvalue weighted by Gasteiger charge is -2.13. The van der Waals surface area contributed by atoms with Gasteiger partial charge in [-0.3, -0.25) is 4.21 Å². The molecule has 0 aliphatic carbocycles. The zero-order valence-corrected chi connectivity index (χ0v) is 13.5. The molecule has 0 aliphatic rings. The van der Waals surface area contributed by atoms with Crippen LogP contribution in [0.1, 0.15) is 12.5 Å². The molecule has 2 atom stereocenters. The second-order valence-electron chi connectivity index (χ2n) is 4.18. The van der Waals surface area contributed by atoms with Crippen LogP contribution in [0.5, 0.6) is 5.75 Å². The normalized spacial score (nSPS) is 13.6. The molecular formula is C14H18BrNO2S. The molecule has 0 saturated heterocycles. The number of hydrogen-bond donors (Lipinski definition) is 1. The number of nitrogens with one attached hydrogen (secondary N) is 1. The van der Waals surface area contributed by atoms with Crippen molar-refractivity contribution in [3.8, 4) is 18.1 Å². The molecule has 104 valence electrons. The lowest BCUT2D eigenvalue weighted by Crippen LogP contribution is -2.27. The van der Waals surface area contributed by atoms with Gasteiger partial charge in [-0.1, -0.05) is 21.9 Å². The van der Waals surface area contributed by atoms with Crippen molar-refractivity contribution < 1.29 is 8.95 Å². The van der Waals surface area contributed by atoms with Crippen molar-refractivity contribution in [3.63, 3.8) is 0 Å². The molecule has 1 rings (SSSR count). The Bertz CT molecular complexity index is 485. The van der Waals surface area contributed by atoms with Gasteiger partial charge in [-0.15, -0.1) is 6.42 Å². The first-order valence-corrected chi connectivity index (χ1v) is 8.33. The van der Waals surface area contributed by atoms with Crippen LogP contribution in [-0.2, 0) is 17.3 Å². The lowest BCUT2D eigenvalue weighted by molar-refractivity contribution is 0.365. The van der Waals surface area contributed by atoms with Crippen LogP contribution in [0.4, 0.5) is 0 Å². The zero-order chi connectivity index (χ0) is 14.3. The molecule has 2 unspecified atom stereocenters. The molecule has 0 radical (unpaired) electrons. The minimum atomic E-state index is -0.812. The summed E-state index contributed by atoms with van der Waals surface area (Å²) in [6, 6.07) is 5.80. The second-order valence-corrected chi connectivity index (χ2v) is 6.90. The number of terminal acetylenes is 1. The predicted octanol–water partition coefficient (Wildman–Crippen LogP) is 2.32. The molecule has 0 aliphatic heterocycles. The minimum absolute atomic E-state index is 0.127. The quantitative estimate of drug-likeness (QED) is 0.772. The fourth-order valence-electron chi connectivity index (χ4n) is 1.47. The molecule has 1 aromatic rings. The smallest absolute Gasteiger partial charge is 0.148 e. The van der Waals surface area contributed by atoms with Crippen molar-refractivity contribution in [3.05, 3.63) is 28.2 Å². The van der Waals surface area contributed by atoms with Crippen molar-refractivity contribution >= 4 is 26.7 Å². The molecule has 5 heteroatoms. The summed E-state index contributed by atoms with van der Waals surface area (Å²) in [6.07, 6.45) is 6.91. The standard InChI is InChI=1S/C14H18BrNO2S/c1-4-7-18-14-6-5-13(15)8-12(14)10-16-9-11(2)19(3)17/h1,5-6,8,11,16H,7,9-10H2,2-3H3. The Morgan fingerprint density at radius 3 is 2.95 bits per heavy atom. The fraction of sp³-hybridized carbons (Fsp3) is 0.429. The van der Waals surface area contributed by atoms with E-state index in [1.807, 2.05) is 25.1 Å². The van der Waals surface area contributed by atoms with Gasteiger partial charge in [0.1, 0.15) is 12.4 Å². The molecule has 19 heavy (non-hydrogen) atoms. The maximum Gasteiger partial charge on any atom is 0.148 e. The van der Waals surface area contributed by atoms with E-state index in [0.29, 0.717) is 13.1 Å². The molecule has 0 heterocycles. The Kier molecular flexibility index (Phi) is 7.14. The highest BCUT2D eigenvalue weighted by molar-refractivity contribution is 9.10. The van der Waals surface area contributed by atoms with E-state index < -0.39 is 10.8 Å². The van der Waals surface area contributed by atoms with Crippen LogP contribution in [0.2, 0.25) is 0 Å². The lowest BCUT2D eigenvalue weighted by atomic mass is 10.2. The monoisotopic (exact) mass is 343 g/mol. The zero-order valence-electron chi connectivity index (χ0n) is 11.1. The number of rotatable bonds is 7. The first kappa shape index (κ1) is 16.2. The summed E-state index contributed by atoms with van der Waals surface area (Å²) >= 11 is 3.44.